The number of amides is 1. The van der Waals surface area contributed by atoms with Crippen molar-refractivity contribution in [1.29, 1.82) is 0 Å². The summed E-state index contributed by atoms with van der Waals surface area (Å²) < 4.78 is 8.46. The van der Waals surface area contributed by atoms with Crippen LogP contribution in [-0.4, -0.2) is 44.4 Å². The molecule has 1 aliphatic heterocycles. The molecule has 176 valence electrons. The molecule has 1 atom stereocenters. The Hall–Kier alpha value is -3.39. The number of ketones is 1. The van der Waals surface area contributed by atoms with E-state index in [1.165, 1.54) is 0 Å². The molecule has 1 unspecified atom stereocenters. The highest BCUT2D eigenvalue weighted by molar-refractivity contribution is 9.10. The second-order valence-corrected chi connectivity index (χ2v) is 8.99. The quantitative estimate of drug-likeness (QED) is 0.243. The van der Waals surface area contributed by atoms with Gasteiger partial charge in [-0.3, -0.25) is 9.59 Å². The lowest BCUT2D eigenvalue weighted by molar-refractivity contribution is -0.139. The predicted molar refractivity (Wildman–Crippen MR) is 132 cm³/mol. The standard InChI is InChI=1S/C26H26BrN3O4/c1-2-16-34-21-10-6-18(7-11-21)23-22(24(31)19-4-8-20(27)9-5-19)25(32)26(33)30(23)14-3-13-29-15-12-28-17-29/h4-12,15,17,23,31H,2-3,13-14,16H2,1H3/b24-22+. The Morgan fingerprint density at radius 3 is 2.47 bits per heavy atom. The second kappa shape index (κ2) is 10.7. The number of carbonyl (C=O) groups is 2. The van der Waals surface area contributed by atoms with Crippen molar-refractivity contribution in [3.8, 4) is 5.75 Å². The van der Waals surface area contributed by atoms with Crippen LogP contribution in [0.3, 0.4) is 0 Å². The summed E-state index contributed by atoms with van der Waals surface area (Å²) in [6, 6.07) is 13.7. The molecule has 1 fully saturated rings. The summed E-state index contributed by atoms with van der Waals surface area (Å²) in [6.45, 7) is 3.66. The monoisotopic (exact) mass is 523 g/mol. The molecular weight excluding hydrogens is 498 g/mol. The fourth-order valence-corrected chi connectivity index (χ4v) is 4.29. The predicted octanol–water partition coefficient (Wildman–Crippen LogP) is 4.95. The number of ether oxygens (including phenoxy) is 1. The van der Waals surface area contributed by atoms with E-state index in [1.807, 2.05) is 42.0 Å². The van der Waals surface area contributed by atoms with Crippen LogP contribution < -0.4 is 4.74 Å². The Labute approximate surface area is 206 Å². The third kappa shape index (κ3) is 5.07. The lowest BCUT2D eigenvalue weighted by Gasteiger charge is -2.25. The molecule has 3 aromatic rings. The molecule has 0 radical (unpaired) electrons. The summed E-state index contributed by atoms with van der Waals surface area (Å²) in [4.78, 5) is 31.8. The van der Waals surface area contributed by atoms with Crippen molar-refractivity contribution in [2.45, 2.75) is 32.4 Å². The smallest absolute Gasteiger partial charge is 0.295 e. The zero-order valence-electron chi connectivity index (χ0n) is 18.9. The number of likely N-dealkylation sites (tertiary alicyclic amines) is 1. The SMILES string of the molecule is CCCOc1ccc(C2/C(=C(\O)c3ccc(Br)cc3)C(=O)C(=O)N2CCCn2ccnc2)cc1. The second-order valence-electron chi connectivity index (χ2n) is 8.07. The zero-order valence-corrected chi connectivity index (χ0v) is 20.4. The van der Waals surface area contributed by atoms with Crippen molar-refractivity contribution in [1.82, 2.24) is 14.5 Å². The molecule has 0 spiro atoms. The summed E-state index contributed by atoms with van der Waals surface area (Å²) >= 11 is 3.38. The van der Waals surface area contributed by atoms with Gasteiger partial charge < -0.3 is 19.3 Å². The van der Waals surface area contributed by atoms with Crippen LogP contribution in [-0.2, 0) is 16.1 Å². The Bertz CT molecular complexity index is 1170. The van der Waals surface area contributed by atoms with Crippen LogP contribution in [0.2, 0.25) is 0 Å². The number of rotatable bonds is 9. The maximum absolute atomic E-state index is 13.1. The number of aliphatic hydroxyl groups is 1. The van der Waals surface area contributed by atoms with Gasteiger partial charge in [-0.15, -0.1) is 0 Å². The molecule has 0 bridgehead atoms. The highest BCUT2D eigenvalue weighted by Gasteiger charge is 2.45. The van der Waals surface area contributed by atoms with Crippen LogP contribution in [0.4, 0.5) is 0 Å². The number of aromatic nitrogens is 2. The third-order valence-corrected chi connectivity index (χ3v) is 6.23. The number of benzene rings is 2. The van der Waals surface area contributed by atoms with Crippen molar-refractivity contribution >= 4 is 33.4 Å². The molecule has 8 heteroatoms. The Kier molecular flexibility index (Phi) is 7.47. The van der Waals surface area contributed by atoms with Gasteiger partial charge in [-0.2, -0.15) is 0 Å². The zero-order chi connectivity index (χ0) is 24.1. The minimum absolute atomic E-state index is 0.0946. The van der Waals surface area contributed by atoms with Gasteiger partial charge >= 0.3 is 0 Å². The first kappa shape index (κ1) is 23.8. The number of carbonyl (C=O) groups excluding carboxylic acids is 2. The number of aliphatic hydroxyl groups excluding tert-OH is 1. The van der Waals surface area contributed by atoms with Crippen molar-refractivity contribution in [3.63, 3.8) is 0 Å². The molecule has 34 heavy (non-hydrogen) atoms. The van der Waals surface area contributed by atoms with E-state index >= 15 is 0 Å². The molecule has 0 aliphatic carbocycles. The van der Waals surface area contributed by atoms with Gasteiger partial charge in [0.1, 0.15) is 11.5 Å². The lowest BCUT2D eigenvalue weighted by atomic mass is 9.95. The number of hydrogen-bond donors (Lipinski definition) is 1. The van der Waals surface area contributed by atoms with Crippen LogP contribution in [0.1, 0.15) is 36.9 Å². The van der Waals surface area contributed by atoms with E-state index in [0.29, 0.717) is 31.7 Å². The number of Topliss-reactive ketones (excluding diaryl/α,β-unsaturated/α-hetero) is 1. The minimum atomic E-state index is -0.688. The summed E-state index contributed by atoms with van der Waals surface area (Å²) in [7, 11) is 0. The first-order chi connectivity index (χ1) is 16.5. The molecule has 7 nitrogen and oxygen atoms in total. The number of nitrogens with zero attached hydrogens (tertiary/aromatic N) is 3. The van der Waals surface area contributed by atoms with Crippen molar-refractivity contribution in [2.75, 3.05) is 13.2 Å². The molecular formula is C26H26BrN3O4. The summed E-state index contributed by atoms with van der Waals surface area (Å²) in [6.07, 6.45) is 6.80. The lowest BCUT2D eigenvalue weighted by Crippen LogP contribution is -2.31. The highest BCUT2D eigenvalue weighted by Crippen LogP contribution is 2.40. The number of aryl methyl sites for hydroxylation is 1. The van der Waals surface area contributed by atoms with E-state index in [2.05, 4.69) is 20.9 Å². The van der Waals surface area contributed by atoms with Gasteiger partial charge in [0.2, 0.25) is 0 Å². The Balaban J connectivity index is 1.69. The summed E-state index contributed by atoms with van der Waals surface area (Å²) in [5.74, 6) is -0.755. The first-order valence-electron chi connectivity index (χ1n) is 11.2. The first-order valence-corrected chi connectivity index (χ1v) is 12.0. The molecule has 2 aromatic carbocycles. The maximum Gasteiger partial charge on any atom is 0.295 e. The number of hydrogen-bond acceptors (Lipinski definition) is 5. The van der Waals surface area contributed by atoms with E-state index in [0.717, 1.165) is 22.2 Å². The molecule has 2 heterocycles. The average Bonchev–Trinajstić information content (AvgIpc) is 3.45. The van der Waals surface area contributed by atoms with Crippen molar-refractivity contribution in [3.05, 3.63) is 88.4 Å². The van der Waals surface area contributed by atoms with E-state index in [9.17, 15) is 14.7 Å². The molecule has 1 N–H and O–H groups in total. The van der Waals surface area contributed by atoms with Gasteiger partial charge in [0.15, 0.2) is 0 Å². The van der Waals surface area contributed by atoms with Gasteiger partial charge in [-0.05, 0) is 42.7 Å². The normalized spacial score (nSPS) is 17.4. The Morgan fingerprint density at radius 1 is 1.09 bits per heavy atom. The third-order valence-electron chi connectivity index (χ3n) is 5.70. The molecule has 1 amide bonds. The molecule has 1 aromatic heterocycles. The molecule has 0 saturated carbocycles. The molecule has 1 aliphatic rings. The number of imidazole rings is 1. The fourth-order valence-electron chi connectivity index (χ4n) is 4.03. The van der Waals surface area contributed by atoms with Crippen LogP contribution in [0, 0.1) is 0 Å². The van der Waals surface area contributed by atoms with Crippen LogP contribution in [0.5, 0.6) is 5.75 Å². The van der Waals surface area contributed by atoms with Crippen molar-refractivity contribution < 1.29 is 19.4 Å². The van der Waals surface area contributed by atoms with E-state index in [4.69, 9.17) is 4.74 Å². The summed E-state index contributed by atoms with van der Waals surface area (Å²) in [5, 5.41) is 11.1. The molecule has 4 rings (SSSR count). The minimum Gasteiger partial charge on any atom is -0.507 e. The Morgan fingerprint density at radius 2 is 1.82 bits per heavy atom. The van der Waals surface area contributed by atoms with Gasteiger partial charge in [0.25, 0.3) is 11.7 Å². The average molecular weight is 524 g/mol. The van der Waals surface area contributed by atoms with E-state index < -0.39 is 17.7 Å². The van der Waals surface area contributed by atoms with Crippen LogP contribution >= 0.6 is 15.9 Å². The van der Waals surface area contributed by atoms with E-state index in [1.54, 1.807) is 41.7 Å². The molecule has 1 saturated heterocycles. The largest absolute Gasteiger partial charge is 0.507 e. The topological polar surface area (TPSA) is 84.7 Å². The fraction of sp³-hybridized carbons (Fsp3) is 0.269. The number of halogens is 1. The van der Waals surface area contributed by atoms with Gasteiger partial charge in [-0.1, -0.05) is 47.1 Å². The van der Waals surface area contributed by atoms with Gasteiger partial charge in [0.05, 0.1) is 24.5 Å². The summed E-state index contributed by atoms with van der Waals surface area (Å²) in [5.41, 5.74) is 1.31. The van der Waals surface area contributed by atoms with E-state index in [-0.39, 0.29) is 11.3 Å². The van der Waals surface area contributed by atoms with Crippen LogP contribution in [0.15, 0.2) is 77.3 Å². The van der Waals surface area contributed by atoms with Crippen molar-refractivity contribution in [2.24, 2.45) is 0 Å². The van der Waals surface area contributed by atoms with Crippen LogP contribution in [0.25, 0.3) is 5.76 Å². The van der Waals surface area contributed by atoms with Gasteiger partial charge in [-0.25, -0.2) is 4.98 Å². The van der Waals surface area contributed by atoms with Gasteiger partial charge in [0, 0.05) is 35.5 Å². The maximum atomic E-state index is 13.1. The highest BCUT2D eigenvalue weighted by atomic mass is 79.9.